The smallest absolute Gasteiger partial charge is 0.280 e. The van der Waals surface area contributed by atoms with Crippen LogP contribution >= 0.6 is 11.3 Å². The summed E-state index contributed by atoms with van der Waals surface area (Å²) in [5.74, 6) is 0.501. The lowest BCUT2D eigenvalue weighted by Crippen LogP contribution is -2.39. The van der Waals surface area contributed by atoms with Crippen molar-refractivity contribution in [1.82, 2.24) is 19.9 Å². The van der Waals surface area contributed by atoms with E-state index in [2.05, 4.69) is 28.7 Å². The van der Waals surface area contributed by atoms with Gasteiger partial charge < -0.3 is 9.64 Å². The largest absolute Gasteiger partial charge is 0.494 e. The molecule has 0 aliphatic carbocycles. The van der Waals surface area contributed by atoms with E-state index in [4.69, 9.17) is 9.72 Å². The van der Waals surface area contributed by atoms with Gasteiger partial charge in [-0.1, -0.05) is 43.4 Å². The van der Waals surface area contributed by atoms with Gasteiger partial charge in [0.1, 0.15) is 17.0 Å². The zero-order valence-corrected chi connectivity index (χ0v) is 19.6. The van der Waals surface area contributed by atoms with Crippen molar-refractivity contribution in [3.05, 3.63) is 53.9 Å². The lowest BCUT2D eigenvalue weighted by Gasteiger charge is -2.24. The number of methoxy groups -OCH3 is 1. The van der Waals surface area contributed by atoms with Gasteiger partial charge in [-0.15, -0.1) is 0 Å². The summed E-state index contributed by atoms with van der Waals surface area (Å²) >= 11 is 1.50. The van der Waals surface area contributed by atoms with Gasteiger partial charge in [0.25, 0.3) is 5.91 Å². The van der Waals surface area contributed by atoms with Crippen LogP contribution in [-0.2, 0) is 0 Å². The van der Waals surface area contributed by atoms with Gasteiger partial charge in [-0.05, 0) is 43.8 Å². The number of likely N-dealkylation sites (N-methyl/N-ethyl adjacent to an activating group) is 1. The molecule has 2 heterocycles. The third-order valence-electron chi connectivity index (χ3n) is 5.59. The van der Waals surface area contributed by atoms with Crippen molar-refractivity contribution in [2.24, 2.45) is 0 Å². The molecule has 4 aromatic rings. The minimum atomic E-state index is -0.203. The van der Waals surface area contributed by atoms with E-state index >= 15 is 0 Å². The van der Waals surface area contributed by atoms with Gasteiger partial charge in [0.05, 0.1) is 29.0 Å². The van der Waals surface area contributed by atoms with Crippen molar-refractivity contribution >= 4 is 43.6 Å². The van der Waals surface area contributed by atoms with Crippen LogP contribution in [0.4, 0.5) is 5.13 Å². The fourth-order valence-electron chi connectivity index (χ4n) is 3.64. The van der Waals surface area contributed by atoms with Gasteiger partial charge in [0.15, 0.2) is 5.13 Å². The Morgan fingerprint density at radius 2 is 1.78 bits per heavy atom. The Morgan fingerprint density at radius 1 is 1.03 bits per heavy atom. The lowest BCUT2D eigenvalue weighted by molar-refractivity contribution is 0.0979. The fraction of sp³-hybridized carbons (Fsp3) is 0.333. The monoisotopic (exact) mass is 449 g/mol. The molecule has 0 bridgehead atoms. The number of nitrogens with zero attached hydrogens (tertiary/aromatic N) is 5. The van der Waals surface area contributed by atoms with Crippen molar-refractivity contribution in [3.63, 3.8) is 0 Å². The first-order valence-electron chi connectivity index (χ1n) is 10.8. The van der Waals surface area contributed by atoms with Crippen molar-refractivity contribution in [3.8, 4) is 5.75 Å². The molecule has 0 aliphatic rings. The summed E-state index contributed by atoms with van der Waals surface area (Å²) in [5, 5.41) is 0.639. The van der Waals surface area contributed by atoms with E-state index in [1.807, 2.05) is 43.3 Å². The predicted molar refractivity (Wildman–Crippen MR) is 130 cm³/mol. The molecule has 0 aliphatic heterocycles. The molecule has 1 amide bonds. The van der Waals surface area contributed by atoms with E-state index in [1.165, 1.54) is 11.3 Å². The summed E-state index contributed by atoms with van der Waals surface area (Å²) in [6.45, 7) is 9.37. The first-order valence-corrected chi connectivity index (χ1v) is 11.6. The molecule has 2 aromatic heterocycles. The standard InChI is InChI=1S/C24H27N5O2S/c1-5-28(6-2)13-14-29(23(30)19-15-25-17-9-7-8-10-18(17)26-19)24-27-21-20(31-4)12-11-16(3)22(21)32-24/h7-12,15H,5-6,13-14H2,1-4H3. The molecule has 2 aromatic carbocycles. The number of fused-ring (bicyclic) bond motifs is 2. The molecule has 4 rings (SSSR count). The number of ether oxygens (including phenoxy) is 1. The molecule has 32 heavy (non-hydrogen) atoms. The molecular formula is C24H27N5O2S. The normalized spacial score (nSPS) is 11.4. The highest BCUT2D eigenvalue weighted by molar-refractivity contribution is 7.22. The number of rotatable bonds is 8. The molecular weight excluding hydrogens is 422 g/mol. The number of anilines is 1. The van der Waals surface area contributed by atoms with Crippen LogP contribution in [0.25, 0.3) is 21.3 Å². The van der Waals surface area contributed by atoms with E-state index < -0.39 is 0 Å². The third-order valence-corrected chi connectivity index (χ3v) is 6.80. The number of benzene rings is 2. The molecule has 0 spiro atoms. The highest BCUT2D eigenvalue weighted by atomic mass is 32.1. The van der Waals surface area contributed by atoms with E-state index in [-0.39, 0.29) is 5.91 Å². The Bertz CT molecular complexity index is 1250. The van der Waals surface area contributed by atoms with Gasteiger partial charge in [-0.3, -0.25) is 14.7 Å². The number of para-hydroxylation sites is 2. The molecule has 7 nitrogen and oxygen atoms in total. The summed E-state index contributed by atoms with van der Waals surface area (Å²) in [6.07, 6.45) is 1.55. The second-order valence-corrected chi connectivity index (χ2v) is 8.46. The van der Waals surface area contributed by atoms with Crippen LogP contribution in [-0.4, -0.2) is 59.0 Å². The van der Waals surface area contributed by atoms with Crippen molar-refractivity contribution < 1.29 is 9.53 Å². The molecule has 8 heteroatoms. The lowest BCUT2D eigenvalue weighted by atomic mass is 10.2. The van der Waals surface area contributed by atoms with Crippen molar-refractivity contribution in [2.45, 2.75) is 20.8 Å². The van der Waals surface area contributed by atoms with Crippen molar-refractivity contribution in [2.75, 3.05) is 38.2 Å². The van der Waals surface area contributed by atoms with E-state index in [0.717, 1.165) is 40.9 Å². The van der Waals surface area contributed by atoms with Gasteiger partial charge >= 0.3 is 0 Å². The summed E-state index contributed by atoms with van der Waals surface area (Å²) in [7, 11) is 1.64. The van der Waals surface area contributed by atoms with Crippen LogP contribution in [0.15, 0.2) is 42.6 Å². The Kier molecular flexibility index (Phi) is 6.62. The summed E-state index contributed by atoms with van der Waals surface area (Å²) in [4.78, 5) is 31.5. The van der Waals surface area contributed by atoms with Crippen LogP contribution in [0.1, 0.15) is 29.9 Å². The Morgan fingerprint density at radius 3 is 2.50 bits per heavy atom. The summed E-state index contributed by atoms with van der Waals surface area (Å²) in [5.41, 5.74) is 3.65. The molecule has 0 N–H and O–H groups in total. The average molecular weight is 450 g/mol. The van der Waals surface area contributed by atoms with Gasteiger partial charge in [-0.2, -0.15) is 0 Å². The Balaban J connectivity index is 1.76. The quantitative estimate of drug-likeness (QED) is 0.393. The number of carbonyl (C=O) groups excluding carboxylic acids is 1. The topological polar surface area (TPSA) is 71.5 Å². The van der Waals surface area contributed by atoms with Crippen molar-refractivity contribution in [1.29, 1.82) is 0 Å². The SMILES string of the molecule is CCN(CC)CCN(C(=O)c1cnc2ccccc2n1)c1nc2c(OC)ccc(C)c2s1. The highest BCUT2D eigenvalue weighted by Gasteiger charge is 2.24. The number of hydrogen-bond donors (Lipinski definition) is 0. The second kappa shape index (κ2) is 9.58. The van der Waals surface area contributed by atoms with Gasteiger partial charge in [0.2, 0.25) is 0 Å². The maximum atomic E-state index is 13.6. The second-order valence-electron chi connectivity index (χ2n) is 7.49. The zero-order chi connectivity index (χ0) is 22.7. The first-order chi connectivity index (χ1) is 15.5. The fourth-order valence-corrected chi connectivity index (χ4v) is 4.72. The zero-order valence-electron chi connectivity index (χ0n) is 18.8. The Hall–Kier alpha value is -3.10. The third kappa shape index (κ3) is 4.28. The highest BCUT2D eigenvalue weighted by Crippen LogP contribution is 2.36. The summed E-state index contributed by atoms with van der Waals surface area (Å²) in [6, 6.07) is 11.5. The average Bonchev–Trinajstić information content (AvgIpc) is 3.27. The van der Waals surface area contributed by atoms with Crippen LogP contribution in [0.3, 0.4) is 0 Å². The maximum Gasteiger partial charge on any atom is 0.280 e. The first kappa shape index (κ1) is 22.1. The van der Waals surface area contributed by atoms with E-state index in [0.29, 0.717) is 28.6 Å². The van der Waals surface area contributed by atoms with Gasteiger partial charge in [-0.25, -0.2) is 9.97 Å². The number of amides is 1. The Labute approximate surface area is 191 Å². The number of aromatic nitrogens is 3. The van der Waals surface area contributed by atoms with Crippen LogP contribution in [0, 0.1) is 6.92 Å². The number of thiazole rings is 1. The van der Waals surface area contributed by atoms with Crippen LogP contribution in [0.5, 0.6) is 5.75 Å². The minimum absolute atomic E-state index is 0.203. The minimum Gasteiger partial charge on any atom is -0.494 e. The number of aryl methyl sites for hydroxylation is 1. The molecule has 0 atom stereocenters. The van der Waals surface area contributed by atoms with E-state index in [9.17, 15) is 4.79 Å². The van der Waals surface area contributed by atoms with Gasteiger partial charge in [0, 0.05) is 13.1 Å². The number of hydrogen-bond acceptors (Lipinski definition) is 7. The molecule has 166 valence electrons. The molecule has 0 radical (unpaired) electrons. The molecule has 0 unspecified atom stereocenters. The van der Waals surface area contributed by atoms with Crippen LogP contribution in [0.2, 0.25) is 0 Å². The molecule has 0 saturated heterocycles. The predicted octanol–water partition coefficient (Wildman–Crippen LogP) is 4.55. The van der Waals surface area contributed by atoms with Crippen LogP contribution < -0.4 is 9.64 Å². The van der Waals surface area contributed by atoms with E-state index in [1.54, 1.807) is 18.2 Å². The maximum absolute atomic E-state index is 13.6. The number of carbonyl (C=O) groups is 1. The molecule has 0 fully saturated rings. The molecule has 0 saturated carbocycles. The summed E-state index contributed by atoms with van der Waals surface area (Å²) < 4.78 is 6.53.